The van der Waals surface area contributed by atoms with Crippen molar-refractivity contribution >= 4 is 5.97 Å². The molecule has 1 aromatic carbocycles. The van der Waals surface area contributed by atoms with Gasteiger partial charge < -0.3 is 15.2 Å². The second-order valence-corrected chi connectivity index (χ2v) is 3.41. The molecule has 4 nitrogen and oxygen atoms in total. The predicted molar refractivity (Wildman–Crippen MR) is 56.6 cm³/mol. The molecule has 0 aromatic heterocycles. The second kappa shape index (κ2) is 5.58. The van der Waals surface area contributed by atoms with Crippen LogP contribution in [-0.4, -0.2) is 26.2 Å². The maximum absolute atomic E-state index is 13.0. The highest BCUT2D eigenvalue weighted by Gasteiger charge is 2.18. The number of hydrogen-bond donors (Lipinski definition) is 1. The number of ether oxygens (including phenoxy) is 2. The first-order valence-corrected chi connectivity index (χ1v) is 4.85. The van der Waals surface area contributed by atoms with E-state index in [0.717, 1.165) is 12.1 Å². The lowest BCUT2D eigenvalue weighted by molar-refractivity contribution is -0.142. The van der Waals surface area contributed by atoms with Crippen molar-refractivity contribution in [3.63, 3.8) is 0 Å². The zero-order valence-corrected chi connectivity index (χ0v) is 9.50. The smallest absolute Gasteiger partial charge is 0.322 e. The Morgan fingerprint density at radius 1 is 1.35 bits per heavy atom. The van der Waals surface area contributed by atoms with E-state index in [9.17, 15) is 13.6 Å². The molecule has 17 heavy (non-hydrogen) atoms. The molecular formula is C11H13F2NO3. The summed E-state index contributed by atoms with van der Waals surface area (Å²) in [6.07, 6.45) is 0.00699. The van der Waals surface area contributed by atoms with Crippen molar-refractivity contribution in [2.45, 2.75) is 12.5 Å². The monoisotopic (exact) mass is 245 g/mol. The van der Waals surface area contributed by atoms with Gasteiger partial charge in [-0.25, -0.2) is 8.78 Å². The highest BCUT2D eigenvalue weighted by molar-refractivity contribution is 5.75. The molecule has 1 rings (SSSR count). The zero-order chi connectivity index (χ0) is 13.0. The van der Waals surface area contributed by atoms with Gasteiger partial charge in [-0.3, -0.25) is 4.79 Å². The number of benzene rings is 1. The average Bonchev–Trinajstić information content (AvgIpc) is 2.32. The molecule has 0 amide bonds. The summed E-state index contributed by atoms with van der Waals surface area (Å²) >= 11 is 0. The van der Waals surface area contributed by atoms with Gasteiger partial charge in [0, 0.05) is 12.5 Å². The minimum absolute atomic E-state index is 0.00699. The minimum atomic E-state index is -1.02. The van der Waals surface area contributed by atoms with Gasteiger partial charge in [-0.2, -0.15) is 0 Å². The van der Waals surface area contributed by atoms with E-state index in [0.29, 0.717) is 5.56 Å². The van der Waals surface area contributed by atoms with Gasteiger partial charge in [0.15, 0.2) is 11.6 Å². The highest BCUT2D eigenvalue weighted by atomic mass is 19.2. The Labute approximate surface area is 97.3 Å². The van der Waals surface area contributed by atoms with Crippen LogP contribution in [0.15, 0.2) is 12.1 Å². The van der Waals surface area contributed by atoms with Gasteiger partial charge in [0.1, 0.15) is 11.8 Å². The topological polar surface area (TPSA) is 61.5 Å². The number of halogens is 2. The summed E-state index contributed by atoms with van der Waals surface area (Å²) in [5, 5.41) is 0. The van der Waals surface area contributed by atoms with Gasteiger partial charge in [-0.1, -0.05) is 0 Å². The van der Waals surface area contributed by atoms with E-state index in [-0.39, 0.29) is 12.2 Å². The fourth-order valence-corrected chi connectivity index (χ4v) is 1.39. The Bertz CT molecular complexity index is 423. The molecule has 0 aliphatic rings. The zero-order valence-electron chi connectivity index (χ0n) is 9.50. The third-order valence-electron chi connectivity index (χ3n) is 2.27. The molecule has 0 bridgehead atoms. The lowest BCUT2D eigenvalue weighted by atomic mass is 10.1. The number of esters is 1. The van der Waals surface area contributed by atoms with Crippen LogP contribution in [0.25, 0.3) is 0 Å². The molecule has 0 aliphatic heterocycles. The van der Waals surface area contributed by atoms with Crippen LogP contribution in [0.1, 0.15) is 5.56 Å². The van der Waals surface area contributed by atoms with E-state index < -0.39 is 23.6 Å². The third kappa shape index (κ3) is 3.13. The van der Waals surface area contributed by atoms with E-state index >= 15 is 0 Å². The summed E-state index contributed by atoms with van der Waals surface area (Å²) < 4.78 is 35.3. The highest BCUT2D eigenvalue weighted by Crippen LogP contribution is 2.23. The normalized spacial score (nSPS) is 12.1. The molecule has 1 aromatic rings. The molecule has 0 saturated carbocycles. The molecule has 0 heterocycles. The van der Waals surface area contributed by atoms with Crippen LogP contribution in [-0.2, 0) is 16.0 Å². The fourth-order valence-electron chi connectivity index (χ4n) is 1.39. The number of hydrogen-bond acceptors (Lipinski definition) is 4. The van der Waals surface area contributed by atoms with Gasteiger partial charge in [-0.15, -0.1) is 0 Å². The van der Waals surface area contributed by atoms with Gasteiger partial charge >= 0.3 is 5.97 Å². The van der Waals surface area contributed by atoms with Gasteiger partial charge in [0.2, 0.25) is 0 Å². The fraction of sp³-hybridized carbons (Fsp3) is 0.364. The molecule has 0 spiro atoms. The van der Waals surface area contributed by atoms with Crippen LogP contribution in [0.4, 0.5) is 8.78 Å². The molecule has 1 atom stereocenters. The van der Waals surface area contributed by atoms with Crippen molar-refractivity contribution < 1.29 is 23.0 Å². The van der Waals surface area contributed by atoms with Gasteiger partial charge in [0.05, 0.1) is 14.2 Å². The van der Waals surface area contributed by atoms with E-state index in [1.54, 1.807) is 0 Å². The molecule has 0 unspecified atom stereocenters. The molecule has 0 radical (unpaired) electrons. The number of rotatable bonds is 4. The maximum atomic E-state index is 13.0. The standard InChI is InChI=1S/C11H13F2NO3/c1-16-10-5-8(13)7(12)3-6(10)4-9(14)11(15)17-2/h3,5,9H,4,14H2,1-2H3/t9-/m1/s1. The van der Waals surface area contributed by atoms with E-state index in [4.69, 9.17) is 10.5 Å². The Morgan fingerprint density at radius 3 is 2.47 bits per heavy atom. The van der Waals surface area contributed by atoms with Crippen LogP contribution >= 0.6 is 0 Å². The van der Waals surface area contributed by atoms with Crippen molar-refractivity contribution in [2.75, 3.05) is 14.2 Å². The Morgan fingerprint density at radius 2 is 1.94 bits per heavy atom. The number of carbonyl (C=O) groups excluding carboxylic acids is 1. The first-order valence-electron chi connectivity index (χ1n) is 4.85. The van der Waals surface area contributed by atoms with Gasteiger partial charge in [0.25, 0.3) is 0 Å². The number of nitrogens with two attached hydrogens (primary N) is 1. The summed E-state index contributed by atoms with van der Waals surface area (Å²) in [6.45, 7) is 0. The average molecular weight is 245 g/mol. The lowest BCUT2D eigenvalue weighted by Gasteiger charge is -2.12. The number of carbonyl (C=O) groups is 1. The molecule has 0 aliphatic carbocycles. The summed E-state index contributed by atoms with van der Waals surface area (Å²) in [5.74, 6) is -2.52. The van der Waals surface area contributed by atoms with Crippen LogP contribution in [0.2, 0.25) is 0 Å². The lowest BCUT2D eigenvalue weighted by Crippen LogP contribution is -2.33. The summed E-state index contributed by atoms with van der Waals surface area (Å²) in [4.78, 5) is 11.1. The second-order valence-electron chi connectivity index (χ2n) is 3.41. The van der Waals surface area contributed by atoms with E-state index in [2.05, 4.69) is 4.74 Å². The van der Waals surface area contributed by atoms with E-state index in [1.165, 1.54) is 14.2 Å². The molecular weight excluding hydrogens is 232 g/mol. The first-order chi connectivity index (χ1) is 7.99. The largest absolute Gasteiger partial charge is 0.496 e. The van der Waals surface area contributed by atoms with Gasteiger partial charge in [-0.05, 0) is 11.6 Å². The predicted octanol–water partition coefficient (Wildman–Crippen LogP) is 1.02. The number of methoxy groups -OCH3 is 2. The minimum Gasteiger partial charge on any atom is -0.496 e. The SMILES string of the molecule is COC(=O)[C@H](N)Cc1cc(F)c(F)cc1OC. The van der Waals surface area contributed by atoms with Crippen molar-refractivity contribution in [2.24, 2.45) is 5.73 Å². The first kappa shape index (κ1) is 13.4. The Balaban J connectivity index is 2.97. The van der Waals surface area contributed by atoms with Crippen molar-refractivity contribution in [1.82, 2.24) is 0 Å². The third-order valence-corrected chi connectivity index (χ3v) is 2.27. The molecule has 6 heteroatoms. The summed E-state index contributed by atoms with van der Waals surface area (Å²) in [7, 11) is 2.52. The quantitative estimate of drug-likeness (QED) is 0.804. The molecule has 94 valence electrons. The van der Waals surface area contributed by atoms with Crippen molar-refractivity contribution in [3.05, 3.63) is 29.3 Å². The van der Waals surface area contributed by atoms with E-state index in [1.807, 2.05) is 0 Å². The summed E-state index contributed by atoms with van der Waals surface area (Å²) in [5.41, 5.74) is 5.83. The van der Waals surface area contributed by atoms with Crippen LogP contribution in [0.3, 0.4) is 0 Å². The van der Waals surface area contributed by atoms with Crippen LogP contribution in [0, 0.1) is 11.6 Å². The van der Waals surface area contributed by atoms with Crippen LogP contribution < -0.4 is 10.5 Å². The van der Waals surface area contributed by atoms with Crippen LogP contribution in [0.5, 0.6) is 5.75 Å². The molecule has 0 fully saturated rings. The molecule has 2 N–H and O–H groups in total. The summed E-state index contributed by atoms with van der Waals surface area (Å²) in [6, 6.07) is 0.921. The molecule has 0 saturated heterocycles. The Hall–Kier alpha value is -1.69. The maximum Gasteiger partial charge on any atom is 0.322 e. The van der Waals surface area contributed by atoms with Crippen molar-refractivity contribution in [3.8, 4) is 5.75 Å². The van der Waals surface area contributed by atoms with Crippen molar-refractivity contribution in [1.29, 1.82) is 0 Å². The Kier molecular flexibility index (Phi) is 4.39.